The molecule has 0 fully saturated rings. The fourth-order valence-corrected chi connectivity index (χ4v) is 2.90. The summed E-state index contributed by atoms with van der Waals surface area (Å²) in [7, 11) is 0. The van der Waals surface area contributed by atoms with E-state index in [-0.39, 0.29) is 5.83 Å². The molecule has 0 aliphatic carbocycles. The van der Waals surface area contributed by atoms with Crippen LogP contribution in [0.25, 0.3) is 27.6 Å². The van der Waals surface area contributed by atoms with Crippen LogP contribution in [0.1, 0.15) is 25.0 Å². The summed E-state index contributed by atoms with van der Waals surface area (Å²) in [6.45, 7) is 7.63. The van der Waals surface area contributed by atoms with Crippen molar-refractivity contribution < 1.29 is 4.39 Å². The van der Waals surface area contributed by atoms with Gasteiger partial charge in [0.2, 0.25) is 0 Å². The topological polar surface area (TPSA) is 0 Å². The third kappa shape index (κ3) is 2.23. The molecule has 3 rings (SSSR count). The molecular weight excluding hydrogens is 259 g/mol. The van der Waals surface area contributed by atoms with Crippen molar-refractivity contribution in [2.75, 3.05) is 0 Å². The second-order valence-corrected chi connectivity index (χ2v) is 5.79. The Morgan fingerprint density at radius 2 is 1.76 bits per heavy atom. The minimum Gasteiger partial charge on any atom is -0.212 e. The lowest BCUT2D eigenvalue weighted by Gasteiger charge is -2.11. The summed E-state index contributed by atoms with van der Waals surface area (Å²) in [5.41, 5.74) is 3.31. The number of hydrogen-bond acceptors (Lipinski definition) is 0. The summed E-state index contributed by atoms with van der Waals surface area (Å²) in [6.07, 6.45) is 1.93. The van der Waals surface area contributed by atoms with Gasteiger partial charge in [-0.15, -0.1) is 0 Å². The number of hydrogen-bond donors (Lipinski definition) is 0. The molecule has 0 saturated heterocycles. The van der Waals surface area contributed by atoms with Crippen molar-refractivity contribution in [1.29, 1.82) is 0 Å². The molecule has 0 amide bonds. The van der Waals surface area contributed by atoms with Gasteiger partial charge in [0, 0.05) is 0 Å². The zero-order valence-electron chi connectivity index (χ0n) is 12.9. The third-order valence-electron chi connectivity index (χ3n) is 4.39. The lowest BCUT2D eigenvalue weighted by molar-refractivity contribution is 0.633. The van der Waals surface area contributed by atoms with Gasteiger partial charge in [-0.2, -0.15) is 0 Å². The van der Waals surface area contributed by atoms with E-state index < -0.39 is 0 Å². The van der Waals surface area contributed by atoms with Crippen molar-refractivity contribution in [2.24, 2.45) is 0 Å². The molecule has 0 atom stereocenters. The van der Waals surface area contributed by atoms with Crippen LogP contribution in [-0.4, -0.2) is 0 Å². The van der Waals surface area contributed by atoms with Gasteiger partial charge in [-0.25, -0.2) is 4.39 Å². The number of aryl methyl sites for hydroxylation is 2. The largest absolute Gasteiger partial charge is 0.212 e. The summed E-state index contributed by atoms with van der Waals surface area (Å²) in [5.74, 6) is -0.131. The maximum atomic E-state index is 13.4. The normalized spacial score (nSPS) is 14.0. The monoisotopic (exact) mass is 278 g/mol. The van der Waals surface area contributed by atoms with Gasteiger partial charge in [0.05, 0.1) is 5.83 Å². The third-order valence-corrected chi connectivity index (χ3v) is 4.39. The Morgan fingerprint density at radius 3 is 2.48 bits per heavy atom. The van der Waals surface area contributed by atoms with E-state index in [1.807, 2.05) is 13.0 Å². The van der Waals surface area contributed by atoms with Crippen molar-refractivity contribution in [1.82, 2.24) is 0 Å². The average molecular weight is 278 g/mol. The highest BCUT2D eigenvalue weighted by Crippen LogP contribution is 2.29. The molecule has 0 nitrogen and oxygen atoms in total. The summed E-state index contributed by atoms with van der Waals surface area (Å²) < 4.78 is 13.4. The summed E-state index contributed by atoms with van der Waals surface area (Å²) in [4.78, 5) is 0. The van der Waals surface area contributed by atoms with Crippen LogP contribution in [0.4, 0.5) is 4.39 Å². The summed E-state index contributed by atoms with van der Waals surface area (Å²) in [5, 5.41) is 6.08. The molecule has 1 heteroatoms. The van der Waals surface area contributed by atoms with E-state index in [1.54, 1.807) is 0 Å². The SMILES string of the molecule is C/C(F)=C(C)/C=c1/ccc2c(C)c(C)cc3cccc1c32. The predicted octanol–water partition coefficient (Wildman–Crippen LogP) is 5.37. The van der Waals surface area contributed by atoms with E-state index in [0.29, 0.717) is 5.57 Å². The second kappa shape index (κ2) is 5.00. The Bertz CT molecular complexity index is 926. The molecule has 21 heavy (non-hydrogen) atoms. The molecule has 0 saturated carbocycles. The molecule has 0 radical (unpaired) electrons. The molecule has 0 bridgehead atoms. The number of halogens is 1. The maximum absolute atomic E-state index is 13.4. The Balaban J connectivity index is 2.51. The highest BCUT2D eigenvalue weighted by Gasteiger charge is 2.07. The van der Waals surface area contributed by atoms with E-state index in [1.165, 1.54) is 39.6 Å². The van der Waals surface area contributed by atoms with Crippen LogP contribution in [0.15, 0.2) is 47.8 Å². The zero-order chi connectivity index (χ0) is 15.1. The van der Waals surface area contributed by atoms with Crippen LogP contribution in [0, 0.1) is 13.8 Å². The highest BCUT2D eigenvalue weighted by molar-refractivity contribution is 6.12. The zero-order valence-corrected chi connectivity index (χ0v) is 12.9. The minimum absolute atomic E-state index is 0.131. The highest BCUT2D eigenvalue weighted by atomic mass is 19.1. The Hall–Kier alpha value is -2.15. The average Bonchev–Trinajstić information content (AvgIpc) is 2.46. The van der Waals surface area contributed by atoms with Gasteiger partial charge in [0.25, 0.3) is 0 Å². The van der Waals surface area contributed by atoms with E-state index >= 15 is 0 Å². The Kier molecular flexibility index (Phi) is 3.29. The maximum Gasteiger partial charge on any atom is 0.0997 e. The summed E-state index contributed by atoms with van der Waals surface area (Å²) >= 11 is 0. The number of benzene rings is 3. The van der Waals surface area contributed by atoms with Crippen LogP contribution >= 0.6 is 0 Å². The standard InChI is InChI=1S/C20H19F/c1-12-10-17-6-5-7-19-16(11-13(2)15(4)21)8-9-18(14(12)3)20(17)19/h5-11H,1-4H3/b15-13-,16-11-. The lowest BCUT2D eigenvalue weighted by Crippen LogP contribution is -2.03. The van der Waals surface area contributed by atoms with E-state index in [9.17, 15) is 4.39 Å². The molecule has 0 aromatic heterocycles. The molecule has 0 N–H and O–H groups in total. The first-order valence-electron chi connectivity index (χ1n) is 7.25. The molecule has 0 aliphatic rings. The smallest absolute Gasteiger partial charge is 0.0997 e. The van der Waals surface area contributed by atoms with Gasteiger partial charge < -0.3 is 0 Å². The van der Waals surface area contributed by atoms with Gasteiger partial charge in [0.1, 0.15) is 0 Å². The van der Waals surface area contributed by atoms with E-state index in [4.69, 9.17) is 0 Å². The van der Waals surface area contributed by atoms with E-state index in [2.05, 4.69) is 50.2 Å². The van der Waals surface area contributed by atoms with Gasteiger partial charge in [0.15, 0.2) is 0 Å². The first-order valence-corrected chi connectivity index (χ1v) is 7.25. The van der Waals surface area contributed by atoms with Crippen molar-refractivity contribution in [3.8, 4) is 0 Å². The molecule has 3 aromatic carbocycles. The van der Waals surface area contributed by atoms with Gasteiger partial charge in [-0.3, -0.25) is 0 Å². The van der Waals surface area contributed by atoms with Crippen molar-refractivity contribution in [3.63, 3.8) is 0 Å². The van der Waals surface area contributed by atoms with Crippen molar-refractivity contribution in [2.45, 2.75) is 27.7 Å². The molecule has 0 aliphatic heterocycles. The Labute approximate surface area is 124 Å². The van der Waals surface area contributed by atoms with Gasteiger partial charge >= 0.3 is 0 Å². The molecule has 0 unspecified atom stereocenters. The van der Waals surface area contributed by atoms with Gasteiger partial charge in [-0.1, -0.05) is 36.4 Å². The number of allylic oxidation sites excluding steroid dienone is 2. The summed E-state index contributed by atoms with van der Waals surface area (Å²) in [6, 6.07) is 12.8. The van der Waals surface area contributed by atoms with Crippen molar-refractivity contribution >= 4 is 27.6 Å². The van der Waals surface area contributed by atoms with Crippen LogP contribution in [0.3, 0.4) is 0 Å². The van der Waals surface area contributed by atoms with Crippen molar-refractivity contribution in [3.05, 3.63) is 64.1 Å². The van der Waals surface area contributed by atoms with Gasteiger partial charge in [-0.05, 0) is 77.2 Å². The molecule has 0 spiro atoms. The minimum atomic E-state index is -0.131. The molecule has 106 valence electrons. The quantitative estimate of drug-likeness (QED) is 0.561. The molecular formula is C20H19F. The van der Waals surface area contributed by atoms with Crippen LogP contribution in [-0.2, 0) is 0 Å². The van der Waals surface area contributed by atoms with Crippen LogP contribution < -0.4 is 5.22 Å². The first kappa shape index (κ1) is 13.8. The first-order chi connectivity index (χ1) is 9.99. The Morgan fingerprint density at radius 1 is 1.00 bits per heavy atom. The fraction of sp³-hybridized carbons (Fsp3) is 0.200. The molecule has 0 heterocycles. The lowest BCUT2D eigenvalue weighted by atomic mass is 9.93. The van der Waals surface area contributed by atoms with Crippen LogP contribution in [0.2, 0.25) is 0 Å². The predicted molar refractivity (Wildman–Crippen MR) is 90.1 cm³/mol. The number of rotatable bonds is 1. The van der Waals surface area contributed by atoms with E-state index in [0.717, 1.165) is 5.22 Å². The van der Waals surface area contributed by atoms with Crippen LogP contribution in [0.5, 0.6) is 0 Å². The second-order valence-electron chi connectivity index (χ2n) is 5.79. The molecule has 3 aromatic rings. The fourth-order valence-electron chi connectivity index (χ4n) is 2.90.